The van der Waals surface area contributed by atoms with Gasteiger partial charge in [0, 0.05) is 87.3 Å². The molecule has 131 heavy (non-hydrogen) atoms. The first-order valence-electron chi connectivity index (χ1n) is 45.8. The van der Waals surface area contributed by atoms with Crippen molar-refractivity contribution in [3.05, 3.63) is 403 Å². The molecule has 0 fully saturated rings. The van der Waals surface area contributed by atoms with E-state index < -0.39 is 0 Å². The van der Waals surface area contributed by atoms with Crippen LogP contribution < -0.4 is 0 Å². The lowest BCUT2D eigenvalue weighted by Gasteiger charge is -2.48. The highest BCUT2D eigenvalue weighted by molar-refractivity contribution is 6.14. The number of rotatable bonds is 7. The molecule has 8 nitrogen and oxygen atoms in total. The second-order valence-electron chi connectivity index (χ2n) is 39.3. The molecule has 23 aromatic rings. The van der Waals surface area contributed by atoms with Crippen molar-refractivity contribution in [2.45, 2.75) is 116 Å². The van der Waals surface area contributed by atoms with Gasteiger partial charge in [0.15, 0.2) is 17.5 Å². The molecule has 0 radical (unpaired) electrons. The highest BCUT2D eigenvalue weighted by Crippen LogP contribution is 2.60. The van der Waals surface area contributed by atoms with Crippen LogP contribution in [0, 0.1) is 0 Å². The molecule has 0 atom stereocenters. The molecule has 0 N–H and O–H groups in total. The molecule has 17 aromatic carbocycles. The van der Waals surface area contributed by atoms with Crippen LogP contribution in [0.25, 0.3) is 211 Å². The van der Waals surface area contributed by atoms with E-state index in [1.165, 1.54) is 154 Å². The van der Waals surface area contributed by atoms with Gasteiger partial charge in [0.1, 0.15) is 33.5 Å². The van der Waals surface area contributed by atoms with Crippen molar-refractivity contribution in [3.8, 4) is 101 Å². The van der Waals surface area contributed by atoms with E-state index in [9.17, 15) is 0 Å². The Labute approximate surface area is 761 Å². The van der Waals surface area contributed by atoms with Gasteiger partial charge in [0.05, 0.1) is 22.1 Å². The first-order chi connectivity index (χ1) is 63.5. The van der Waals surface area contributed by atoms with E-state index in [0.717, 1.165) is 72.3 Å². The van der Waals surface area contributed by atoms with Gasteiger partial charge in [-0.25, -0.2) is 15.0 Å². The van der Waals surface area contributed by atoms with Crippen molar-refractivity contribution in [2.75, 3.05) is 0 Å². The van der Waals surface area contributed by atoms with Crippen LogP contribution in [-0.4, -0.2) is 24.1 Å². The van der Waals surface area contributed by atoms with Gasteiger partial charge in [-0.2, -0.15) is 0 Å². The molecule has 0 amide bonds. The van der Waals surface area contributed by atoms with Crippen LogP contribution in [0.5, 0.6) is 0 Å². The van der Waals surface area contributed by atoms with E-state index in [0.29, 0.717) is 17.5 Å². The van der Waals surface area contributed by atoms with Crippen LogP contribution in [0.15, 0.2) is 383 Å². The van der Waals surface area contributed by atoms with E-state index >= 15 is 0 Å². The van der Waals surface area contributed by atoms with Crippen LogP contribution >= 0.6 is 0 Å². The van der Waals surface area contributed by atoms with Crippen molar-refractivity contribution in [2.24, 2.45) is 0 Å². The Morgan fingerprint density at radius 1 is 0.191 bits per heavy atom. The standard InChI is InChI=1S/2C42H33NO.C39H31N3O/c1-41(2)35-14-8-5-11-29(35)32-25-40-34(24-36(32)42(41,3)4)33-23-27(19-22-39(33)44-40)26-17-20-28(21-18-26)43-37-15-9-6-12-30(37)31-13-7-10-16-38(31)43;1-41(2)35-14-8-5-11-29(35)32-24-34-33-23-27(19-22-39(33)44-40(34)25-36(32)42(41,3)4)26-17-20-28(21-18-26)43-37-15-9-6-12-30(37)31-13-7-10-16-38(31)43;1-38(2)30-18-12-11-17-27(30)28-20-22-32-33(34(28)39(38,3)4)29-23-26(19-21-31(29)43-32)37-41-35(24-13-7-5-8-14-24)40-36(42-37)25-15-9-6-10-16-25/h2*5-25H,1-4H3;5-23H,1-4H3. The molecule has 6 aromatic heterocycles. The molecular weight excluding hydrogens is 1600 g/mol. The van der Waals surface area contributed by atoms with Crippen LogP contribution in [0.2, 0.25) is 0 Å². The largest absolute Gasteiger partial charge is 0.456 e. The quantitative estimate of drug-likeness (QED) is 0.158. The first kappa shape index (κ1) is 79.2. The molecule has 6 heterocycles. The summed E-state index contributed by atoms with van der Waals surface area (Å²) in [5.74, 6) is 1.94. The van der Waals surface area contributed by atoms with Gasteiger partial charge >= 0.3 is 0 Å². The predicted molar refractivity (Wildman–Crippen MR) is 545 cm³/mol. The summed E-state index contributed by atoms with van der Waals surface area (Å²) in [5, 5.41) is 12.0. The van der Waals surface area contributed by atoms with Gasteiger partial charge in [0.25, 0.3) is 0 Å². The minimum absolute atomic E-state index is 0.00511. The van der Waals surface area contributed by atoms with E-state index in [-0.39, 0.29) is 32.5 Å². The minimum atomic E-state index is -0.156. The lowest BCUT2D eigenvalue weighted by molar-refractivity contribution is 0.299. The summed E-state index contributed by atoms with van der Waals surface area (Å²) >= 11 is 0. The summed E-state index contributed by atoms with van der Waals surface area (Å²) in [6.07, 6.45) is 0. The maximum atomic E-state index is 6.51. The Morgan fingerprint density at radius 3 is 0.962 bits per heavy atom. The van der Waals surface area contributed by atoms with E-state index in [2.05, 4.69) is 402 Å². The number of para-hydroxylation sites is 4. The molecule has 3 aliphatic carbocycles. The number of hydrogen-bond acceptors (Lipinski definition) is 6. The first-order valence-corrected chi connectivity index (χ1v) is 45.8. The summed E-state index contributed by atoms with van der Waals surface area (Å²) in [6.45, 7) is 28.5. The SMILES string of the molecule is CC1(C)c2ccccc2-c2cc3c(cc2C1(C)C)oc1ccc(-c2ccc(-n4c5ccccc5c5ccccc54)cc2)cc13.CC1(C)c2ccccc2-c2cc3oc4ccc(-c5ccc(-n6c7ccccc7c7ccccc76)cc5)cc4c3cc2C1(C)C.CC1(C)c2ccccc2-c2ccc3oc4ccc(-c5nc(-c6ccccc6)nc(-c6ccccc6)n5)cc4c3c2C1(C)C. The highest BCUT2D eigenvalue weighted by Gasteiger charge is 2.50. The number of furan rings is 3. The summed E-state index contributed by atoms with van der Waals surface area (Å²) in [4.78, 5) is 14.8. The van der Waals surface area contributed by atoms with Crippen LogP contribution in [0.1, 0.15) is 116 Å². The Balaban J connectivity index is 0.000000109. The normalized spacial score (nSPS) is 15.1. The molecular formula is C123H97N5O3. The fourth-order valence-electron chi connectivity index (χ4n) is 22.1. The van der Waals surface area contributed by atoms with Gasteiger partial charge in [-0.1, -0.05) is 332 Å². The average molecular weight is 1690 g/mol. The van der Waals surface area contributed by atoms with Gasteiger partial charge in [-0.05, 0) is 237 Å². The van der Waals surface area contributed by atoms with Crippen LogP contribution in [0.3, 0.4) is 0 Å². The van der Waals surface area contributed by atoms with Gasteiger partial charge in [-0.15, -0.1) is 0 Å². The molecule has 0 aliphatic heterocycles. The lowest BCUT2D eigenvalue weighted by atomic mass is 9.55. The monoisotopic (exact) mass is 1690 g/mol. The Morgan fingerprint density at radius 2 is 0.504 bits per heavy atom. The number of benzene rings is 17. The third-order valence-corrected chi connectivity index (χ3v) is 31.2. The topological polar surface area (TPSA) is 88.0 Å². The second-order valence-corrected chi connectivity index (χ2v) is 39.3. The van der Waals surface area contributed by atoms with Gasteiger partial charge < -0.3 is 22.4 Å². The summed E-state index contributed by atoms with van der Waals surface area (Å²) in [5.41, 5.74) is 36.1. The Bertz CT molecular complexity index is 8470. The highest BCUT2D eigenvalue weighted by atomic mass is 16.3. The van der Waals surface area contributed by atoms with Crippen molar-refractivity contribution in [1.82, 2.24) is 24.1 Å². The zero-order chi connectivity index (χ0) is 88.9. The molecule has 0 saturated carbocycles. The molecule has 0 bridgehead atoms. The molecule has 632 valence electrons. The Kier molecular flexibility index (Phi) is 17.6. The van der Waals surface area contributed by atoms with Crippen molar-refractivity contribution < 1.29 is 13.3 Å². The predicted octanol–water partition coefficient (Wildman–Crippen LogP) is 33.2. The van der Waals surface area contributed by atoms with Gasteiger partial charge in [-0.3, -0.25) is 0 Å². The molecule has 3 aliphatic rings. The maximum absolute atomic E-state index is 6.51. The van der Waals surface area contributed by atoms with Crippen molar-refractivity contribution >= 4 is 109 Å². The summed E-state index contributed by atoms with van der Waals surface area (Å²) in [7, 11) is 0. The minimum Gasteiger partial charge on any atom is -0.456 e. The third-order valence-electron chi connectivity index (χ3n) is 31.2. The van der Waals surface area contributed by atoms with E-state index in [1.54, 1.807) is 0 Å². The number of aromatic nitrogens is 5. The van der Waals surface area contributed by atoms with Crippen LogP contribution in [0.4, 0.5) is 0 Å². The summed E-state index contributed by atoms with van der Waals surface area (Å²) < 4.78 is 24.2. The fraction of sp³-hybridized carbons (Fsp3) is 0.146. The molecule has 0 spiro atoms. The molecule has 26 rings (SSSR count). The lowest BCUT2D eigenvalue weighted by Crippen LogP contribution is -2.43. The smallest absolute Gasteiger partial charge is 0.164 e. The van der Waals surface area contributed by atoms with Gasteiger partial charge in [0.2, 0.25) is 0 Å². The zero-order valence-corrected chi connectivity index (χ0v) is 75.7. The molecule has 0 saturated heterocycles. The zero-order valence-electron chi connectivity index (χ0n) is 75.7. The molecule has 0 unspecified atom stereocenters. The summed E-state index contributed by atoms with van der Waals surface area (Å²) in [6, 6.07) is 133. The average Bonchev–Trinajstić information content (AvgIpc) is 1.21. The second kappa shape index (κ2) is 29.1. The Hall–Kier alpha value is -15.3. The van der Waals surface area contributed by atoms with E-state index in [1.807, 2.05) is 60.7 Å². The van der Waals surface area contributed by atoms with E-state index in [4.69, 9.17) is 28.2 Å². The fourth-order valence-corrected chi connectivity index (χ4v) is 22.1. The van der Waals surface area contributed by atoms with Crippen molar-refractivity contribution in [3.63, 3.8) is 0 Å². The van der Waals surface area contributed by atoms with Crippen molar-refractivity contribution in [1.29, 1.82) is 0 Å². The maximum Gasteiger partial charge on any atom is 0.164 e. The third kappa shape index (κ3) is 12.0. The number of hydrogen-bond donors (Lipinski definition) is 0. The molecule has 8 heteroatoms. The van der Waals surface area contributed by atoms with Crippen LogP contribution in [-0.2, 0) is 32.5 Å². The number of nitrogens with zero attached hydrogens (tertiary/aromatic N) is 5. The number of fused-ring (bicyclic) bond motifs is 25.